The molecule has 7 nitrogen and oxygen atoms in total. The van der Waals surface area contributed by atoms with Gasteiger partial charge in [0.2, 0.25) is 11.7 Å². The van der Waals surface area contributed by atoms with Crippen LogP contribution >= 0.6 is 10.7 Å². The van der Waals surface area contributed by atoms with E-state index in [9.17, 15) is 13.2 Å². The zero-order valence-electron chi connectivity index (χ0n) is 11.6. The number of carbonyl (C=O) groups excluding carboxylic acids is 1. The van der Waals surface area contributed by atoms with Crippen molar-refractivity contribution >= 4 is 25.8 Å². The number of benzene rings is 1. The van der Waals surface area contributed by atoms with E-state index in [1.807, 2.05) is 0 Å². The lowest BCUT2D eigenvalue weighted by atomic mass is 9.96. The van der Waals surface area contributed by atoms with Crippen LogP contribution in [-0.4, -0.2) is 40.0 Å². The van der Waals surface area contributed by atoms with Crippen molar-refractivity contribution in [3.63, 3.8) is 0 Å². The molecule has 1 fully saturated rings. The van der Waals surface area contributed by atoms with Gasteiger partial charge >= 0.3 is 9.24 Å². The van der Waals surface area contributed by atoms with E-state index in [4.69, 9.17) is 24.9 Å². The molecule has 9 heteroatoms. The number of halogens is 1. The van der Waals surface area contributed by atoms with Crippen molar-refractivity contribution in [3.05, 3.63) is 17.7 Å². The number of hydrogen-bond donors (Lipinski definition) is 0. The average Bonchev–Trinajstić information content (AvgIpc) is 2.40. The van der Waals surface area contributed by atoms with E-state index < -0.39 is 21.2 Å². The largest absolute Gasteiger partial charge is 0.493 e. The quantitative estimate of drug-likeness (QED) is 0.598. The van der Waals surface area contributed by atoms with Crippen molar-refractivity contribution in [2.45, 2.75) is 12.5 Å². The minimum Gasteiger partial charge on any atom is -0.493 e. The van der Waals surface area contributed by atoms with Gasteiger partial charge in [0.05, 0.1) is 33.8 Å². The molecule has 0 saturated carbocycles. The lowest BCUT2D eigenvalue weighted by Gasteiger charge is -2.37. The molecule has 1 unspecified atom stereocenters. The maximum atomic E-state index is 11.5. The number of β-lactam (4-membered cyclic amide) rings is 1. The highest BCUT2D eigenvalue weighted by Gasteiger charge is 2.45. The van der Waals surface area contributed by atoms with E-state index in [0.717, 1.165) is 0 Å². The van der Waals surface area contributed by atoms with Crippen LogP contribution in [0.2, 0.25) is 0 Å². The molecule has 1 aliphatic heterocycles. The standard InChI is InChI=1S/C12H14ClNO6S/c1-18-9-4-7(5-10(19-2)12(9)20-3)8-6-11(15)14(8)21(13,16)17/h4-5,8H,6H2,1-3H3. The Morgan fingerprint density at radius 2 is 1.67 bits per heavy atom. The topological polar surface area (TPSA) is 82.1 Å². The predicted molar refractivity (Wildman–Crippen MR) is 75.1 cm³/mol. The van der Waals surface area contributed by atoms with E-state index in [1.54, 1.807) is 12.1 Å². The van der Waals surface area contributed by atoms with E-state index >= 15 is 0 Å². The van der Waals surface area contributed by atoms with Gasteiger partial charge in [-0.05, 0) is 17.7 Å². The highest BCUT2D eigenvalue weighted by atomic mass is 35.7. The summed E-state index contributed by atoms with van der Waals surface area (Å²) in [5.41, 5.74) is 0.535. The van der Waals surface area contributed by atoms with Crippen LogP contribution in [0.3, 0.4) is 0 Å². The minimum absolute atomic E-state index is 0.0462. The van der Waals surface area contributed by atoms with Crippen molar-refractivity contribution in [2.75, 3.05) is 21.3 Å². The molecule has 1 heterocycles. The van der Waals surface area contributed by atoms with Crippen molar-refractivity contribution in [1.82, 2.24) is 4.31 Å². The van der Waals surface area contributed by atoms with Gasteiger partial charge < -0.3 is 14.2 Å². The third-order valence-corrected chi connectivity index (χ3v) is 4.58. The van der Waals surface area contributed by atoms with Gasteiger partial charge in [0.1, 0.15) is 0 Å². The lowest BCUT2D eigenvalue weighted by Crippen LogP contribution is -2.47. The number of ether oxygens (including phenoxy) is 3. The summed E-state index contributed by atoms with van der Waals surface area (Å²) in [5, 5.41) is 0. The number of methoxy groups -OCH3 is 3. The Balaban J connectivity index is 2.48. The molecule has 1 saturated heterocycles. The monoisotopic (exact) mass is 335 g/mol. The maximum Gasteiger partial charge on any atom is 0.324 e. The molecule has 0 aliphatic carbocycles. The fourth-order valence-electron chi connectivity index (χ4n) is 2.22. The Morgan fingerprint density at radius 1 is 1.14 bits per heavy atom. The average molecular weight is 336 g/mol. The summed E-state index contributed by atoms with van der Waals surface area (Å²) < 4.78 is 39.1. The molecule has 2 rings (SSSR count). The molecular formula is C12H14ClNO6S. The SMILES string of the molecule is COc1cc(C2CC(=O)N2S(=O)(=O)Cl)cc(OC)c1OC. The van der Waals surface area contributed by atoms with Crippen LogP contribution in [0.15, 0.2) is 12.1 Å². The molecule has 0 bridgehead atoms. The summed E-state index contributed by atoms with van der Waals surface area (Å²) in [6.07, 6.45) is 0.0462. The van der Waals surface area contributed by atoms with E-state index in [2.05, 4.69) is 0 Å². The van der Waals surface area contributed by atoms with Crippen LogP contribution in [-0.2, 0) is 14.0 Å². The third-order valence-electron chi connectivity index (χ3n) is 3.20. The first-order valence-electron chi connectivity index (χ1n) is 5.90. The van der Waals surface area contributed by atoms with Gasteiger partial charge in [-0.15, -0.1) is 0 Å². The molecule has 1 aromatic carbocycles. The second kappa shape index (κ2) is 5.61. The summed E-state index contributed by atoms with van der Waals surface area (Å²) in [6.45, 7) is 0. The number of carbonyl (C=O) groups is 1. The van der Waals surface area contributed by atoms with Crippen molar-refractivity contribution in [2.24, 2.45) is 0 Å². The molecule has 21 heavy (non-hydrogen) atoms. The van der Waals surface area contributed by atoms with Gasteiger partial charge in [-0.3, -0.25) is 4.79 Å². The molecule has 1 atom stereocenters. The number of rotatable bonds is 5. The Kier molecular flexibility index (Phi) is 4.20. The highest BCUT2D eigenvalue weighted by Crippen LogP contribution is 2.45. The summed E-state index contributed by atoms with van der Waals surface area (Å²) >= 11 is 0. The zero-order chi connectivity index (χ0) is 15.8. The summed E-state index contributed by atoms with van der Waals surface area (Å²) in [6, 6.07) is 2.51. The van der Waals surface area contributed by atoms with Crippen LogP contribution in [0.5, 0.6) is 17.2 Å². The third kappa shape index (κ3) is 2.73. The second-order valence-electron chi connectivity index (χ2n) is 4.31. The molecule has 0 radical (unpaired) electrons. The molecule has 0 spiro atoms. The van der Waals surface area contributed by atoms with Crippen LogP contribution in [0.25, 0.3) is 0 Å². The Labute approximate surface area is 126 Å². The molecule has 0 N–H and O–H groups in total. The fraction of sp³-hybridized carbons (Fsp3) is 0.417. The minimum atomic E-state index is -4.12. The second-order valence-corrected chi connectivity index (χ2v) is 6.70. The zero-order valence-corrected chi connectivity index (χ0v) is 13.2. The normalized spacial score (nSPS) is 18.2. The van der Waals surface area contributed by atoms with Crippen LogP contribution in [0.4, 0.5) is 0 Å². The predicted octanol–water partition coefficient (Wildman–Crippen LogP) is 1.47. The van der Waals surface area contributed by atoms with Crippen molar-refractivity contribution in [1.29, 1.82) is 0 Å². The summed E-state index contributed by atoms with van der Waals surface area (Å²) in [5.74, 6) is 0.578. The molecular weight excluding hydrogens is 322 g/mol. The number of hydrogen-bond acceptors (Lipinski definition) is 6. The van der Waals surface area contributed by atoms with Gasteiger partial charge in [-0.1, -0.05) is 0 Å². The smallest absolute Gasteiger partial charge is 0.324 e. The van der Waals surface area contributed by atoms with E-state index in [1.165, 1.54) is 21.3 Å². The molecule has 1 amide bonds. The Morgan fingerprint density at radius 3 is 2.00 bits per heavy atom. The van der Waals surface area contributed by atoms with E-state index in [0.29, 0.717) is 27.1 Å². The highest BCUT2D eigenvalue weighted by molar-refractivity contribution is 8.12. The van der Waals surface area contributed by atoms with Gasteiger partial charge in [-0.25, -0.2) is 4.31 Å². The maximum absolute atomic E-state index is 11.5. The van der Waals surface area contributed by atoms with Crippen LogP contribution in [0.1, 0.15) is 18.0 Å². The molecule has 1 aromatic rings. The Bertz CT molecular complexity index is 649. The first-order chi connectivity index (χ1) is 9.83. The van der Waals surface area contributed by atoms with Gasteiger partial charge in [-0.2, -0.15) is 8.42 Å². The summed E-state index contributed by atoms with van der Waals surface area (Å²) in [7, 11) is 5.50. The first-order valence-corrected chi connectivity index (χ1v) is 8.16. The molecule has 1 aliphatic rings. The number of amides is 1. The van der Waals surface area contributed by atoms with Gasteiger partial charge in [0.25, 0.3) is 0 Å². The van der Waals surface area contributed by atoms with Crippen molar-refractivity contribution < 1.29 is 27.4 Å². The lowest BCUT2D eigenvalue weighted by molar-refractivity contribution is -0.137. The molecule has 116 valence electrons. The first kappa shape index (κ1) is 15.7. The van der Waals surface area contributed by atoms with Crippen molar-refractivity contribution in [3.8, 4) is 17.2 Å². The van der Waals surface area contributed by atoms with Gasteiger partial charge in [0.15, 0.2) is 11.5 Å². The summed E-state index contributed by atoms with van der Waals surface area (Å²) in [4.78, 5) is 11.5. The van der Waals surface area contributed by atoms with Crippen LogP contribution < -0.4 is 14.2 Å². The fourth-order valence-corrected chi connectivity index (χ4v) is 3.56. The van der Waals surface area contributed by atoms with E-state index in [-0.39, 0.29) is 6.42 Å². The number of nitrogens with zero attached hydrogens (tertiary/aromatic N) is 1. The van der Waals surface area contributed by atoms with Gasteiger partial charge in [0, 0.05) is 10.7 Å². The Hall–Kier alpha value is -1.67. The van der Waals surface area contributed by atoms with Crippen LogP contribution in [0, 0.1) is 0 Å². The molecule has 0 aromatic heterocycles.